The molecule has 0 heterocycles. The monoisotopic (exact) mass is 576 g/mol. The summed E-state index contributed by atoms with van der Waals surface area (Å²) in [5.41, 5.74) is 0. The summed E-state index contributed by atoms with van der Waals surface area (Å²) in [4.78, 5) is 0. The molecule has 0 rings (SSSR count). The highest BCUT2D eigenvalue weighted by Crippen LogP contribution is 2.37. The Morgan fingerprint density at radius 3 is 0.591 bits per heavy atom. The Bertz CT molecular complexity index is 123. The van der Waals surface area contributed by atoms with Crippen molar-refractivity contribution in [2.24, 2.45) is 0 Å². The molecule has 0 aliphatic carbocycles. The van der Waals surface area contributed by atoms with Crippen molar-refractivity contribution in [1.82, 2.24) is 0 Å². The molecular formula is C18H44I2P2. The van der Waals surface area contributed by atoms with Crippen LogP contribution in [0.25, 0.3) is 0 Å². The summed E-state index contributed by atoms with van der Waals surface area (Å²) in [7, 11) is 0.878. The van der Waals surface area contributed by atoms with E-state index < -0.39 is 0 Å². The van der Waals surface area contributed by atoms with Gasteiger partial charge in [-0.15, -0.1) is 63.8 Å². The van der Waals surface area contributed by atoms with Crippen LogP contribution in [0.5, 0.6) is 0 Å². The van der Waals surface area contributed by atoms with E-state index in [-0.39, 0.29) is 48.0 Å². The summed E-state index contributed by atoms with van der Waals surface area (Å²) >= 11 is 0. The average molecular weight is 576 g/mol. The first kappa shape index (κ1) is 32.0. The van der Waals surface area contributed by atoms with Crippen molar-refractivity contribution < 1.29 is 0 Å². The maximum atomic E-state index is 2.31. The van der Waals surface area contributed by atoms with E-state index in [1.165, 1.54) is 75.5 Å². The second-order valence-electron chi connectivity index (χ2n) is 5.68. The molecule has 0 radical (unpaired) electrons. The van der Waals surface area contributed by atoms with E-state index in [2.05, 4.69) is 41.5 Å². The molecule has 0 aliphatic rings. The third kappa shape index (κ3) is 24.6. The fourth-order valence-corrected chi connectivity index (χ4v) is 7.70. The van der Waals surface area contributed by atoms with Gasteiger partial charge in [0.2, 0.25) is 0 Å². The van der Waals surface area contributed by atoms with Crippen LogP contribution in [0.1, 0.15) is 80.1 Å². The van der Waals surface area contributed by atoms with Gasteiger partial charge in [0.15, 0.2) is 0 Å². The summed E-state index contributed by atoms with van der Waals surface area (Å²) in [6.07, 6.45) is 17.4. The highest BCUT2D eigenvalue weighted by Gasteiger charge is 2.03. The molecule has 0 atom stereocenters. The molecule has 4 heteroatoms. The summed E-state index contributed by atoms with van der Waals surface area (Å²) in [5, 5.41) is 0. The highest BCUT2D eigenvalue weighted by molar-refractivity contribution is 14.0. The molecule has 0 N–H and O–H groups in total. The van der Waals surface area contributed by atoms with Crippen LogP contribution >= 0.6 is 63.8 Å². The summed E-state index contributed by atoms with van der Waals surface area (Å²) in [5.74, 6) is 0. The van der Waals surface area contributed by atoms with E-state index in [0.29, 0.717) is 15.8 Å². The van der Waals surface area contributed by atoms with E-state index in [1.807, 2.05) is 0 Å². The van der Waals surface area contributed by atoms with Gasteiger partial charge >= 0.3 is 0 Å². The lowest BCUT2D eigenvalue weighted by atomic mass is 10.6. The Hall–Kier alpha value is 2.32. The third-order valence-corrected chi connectivity index (χ3v) is 9.72. The lowest BCUT2D eigenvalue weighted by Crippen LogP contribution is -1.92. The number of hydrogen-bond acceptors (Lipinski definition) is 0. The van der Waals surface area contributed by atoms with Crippen LogP contribution in [0.15, 0.2) is 0 Å². The first-order valence-corrected chi connectivity index (χ1v) is 12.9. The van der Waals surface area contributed by atoms with E-state index >= 15 is 0 Å². The van der Waals surface area contributed by atoms with Crippen molar-refractivity contribution in [3.05, 3.63) is 0 Å². The second-order valence-corrected chi connectivity index (χ2v) is 11.0. The first-order valence-electron chi connectivity index (χ1n) is 9.14. The molecule has 140 valence electrons. The predicted molar refractivity (Wildman–Crippen MR) is 136 cm³/mol. The van der Waals surface area contributed by atoms with Gasteiger partial charge in [-0.25, -0.2) is 0 Å². The van der Waals surface area contributed by atoms with Crippen LogP contribution in [0.3, 0.4) is 0 Å². The zero-order valence-electron chi connectivity index (χ0n) is 16.2. The highest BCUT2D eigenvalue weighted by atomic mass is 127. The summed E-state index contributed by atoms with van der Waals surface area (Å²) in [6, 6.07) is 0. The maximum Gasteiger partial charge on any atom is -0.0329 e. The average Bonchev–Trinajstić information content (AvgIpc) is 2.41. The maximum absolute atomic E-state index is 2.31. The fourth-order valence-electron chi connectivity index (χ4n) is 2.57. The number of halogens is 2. The third-order valence-electron chi connectivity index (χ3n) is 3.24. The van der Waals surface area contributed by atoms with Gasteiger partial charge in [0.05, 0.1) is 0 Å². The predicted octanol–water partition coefficient (Wildman–Crippen LogP) is 8.63. The van der Waals surface area contributed by atoms with Crippen LogP contribution in [-0.2, 0) is 0 Å². The molecule has 0 saturated carbocycles. The molecule has 0 spiro atoms. The van der Waals surface area contributed by atoms with Crippen LogP contribution < -0.4 is 0 Å². The minimum Gasteiger partial charge on any atom is -0.107 e. The van der Waals surface area contributed by atoms with Gasteiger partial charge in [-0.05, 0) is 37.0 Å². The fraction of sp³-hybridized carbons (Fsp3) is 1.00. The van der Waals surface area contributed by atoms with Crippen molar-refractivity contribution in [1.29, 1.82) is 0 Å². The van der Waals surface area contributed by atoms with Crippen molar-refractivity contribution in [3.8, 4) is 0 Å². The van der Waals surface area contributed by atoms with Crippen molar-refractivity contribution in [2.75, 3.05) is 37.0 Å². The topological polar surface area (TPSA) is 0 Å². The largest absolute Gasteiger partial charge is 0.107 e. The molecule has 0 bridgehead atoms. The lowest BCUT2D eigenvalue weighted by molar-refractivity contribution is 1.02. The normalized spacial score (nSPS) is 9.82. The Morgan fingerprint density at radius 1 is 0.364 bits per heavy atom. The van der Waals surface area contributed by atoms with Crippen molar-refractivity contribution >= 4 is 63.8 Å². The molecule has 0 nitrogen and oxygen atoms in total. The molecule has 0 aromatic carbocycles. The van der Waals surface area contributed by atoms with E-state index in [1.54, 1.807) is 0 Å². The Balaban J connectivity index is -0.000000135. The van der Waals surface area contributed by atoms with E-state index in [4.69, 9.17) is 0 Å². The van der Waals surface area contributed by atoms with E-state index in [0.717, 1.165) is 0 Å². The molecule has 22 heavy (non-hydrogen) atoms. The molecule has 0 aliphatic heterocycles. The van der Waals surface area contributed by atoms with Crippen molar-refractivity contribution in [2.45, 2.75) is 80.1 Å². The van der Waals surface area contributed by atoms with Gasteiger partial charge < -0.3 is 0 Å². The van der Waals surface area contributed by atoms with Gasteiger partial charge in [-0.1, -0.05) is 80.1 Å². The van der Waals surface area contributed by atoms with E-state index in [9.17, 15) is 0 Å². The quantitative estimate of drug-likeness (QED) is 0.161. The SMILES string of the molecule is CCCP(CCC)CCC.CCCP(CCC)CCC.I.I. The zero-order valence-corrected chi connectivity index (χ0v) is 22.6. The second kappa shape index (κ2) is 28.1. The molecule has 0 aromatic rings. The molecule has 0 saturated heterocycles. The van der Waals surface area contributed by atoms with Crippen LogP contribution in [-0.4, -0.2) is 37.0 Å². The van der Waals surface area contributed by atoms with Gasteiger partial charge in [-0.3, -0.25) is 0 Å². The smallest absolute Gasteiger partial charge is 0.0329 e. The lowest BCUT2D eigenvalue weighted by Gasteiger charge is -2.13. The van der Waals surface area contributed by atoms with Gasteiger partial charge in [0.1, 0.15) is 0 Å². The molecule has 0 fully saturated rings. The minimum atomic E-state index is 0. The van der Waals surface area contributed by atoms with Gasteiger partial charge in [0, 0.05) is 0 Å². The molecule has 0 aromatic heterocycles. The molecule has 0 unspecified atom stereocenters. The van der Waals surface area contributed by atoms with Crippen molar-refractivity contribution in [3.63, 3.8) is 0 Å². The van der Waals surface area contributed by atoms with Gasteiger partial charge in [-0.2, -0.15) is 0 Å². The number of rotatable bonds is 12. The summed E-state index contributed by atoms with van der Waals surface area (Å²) in [6.45, 7) is 13.8. The Labute approximate surface area is 179 Å². The van der Waals surface area contributed by atoms with Crippen LogP contribution in [0.4, 0.5) is 0 Å². The molecule has 0 amide bonds. The van der Waals surface area contributed by atoms with Gasteiger partial charge in [0.25, 0.3) is 0 Å². The Morgan fingerprint density at radius 2 is 0.500 bits per heavy atom. The molecular weight excluding hydrogens is 532 g/mol. The standard InChI is InChI=1S/2C9H21P.2HI/c2*1-4-7-10(8-5-2)9-6-3;;/h2*4-9H2,1-3H3;2*1H. The zero-order chi connectivity index (χ0) is 15.6. The summed E-state index contributed by atoms with van der Waals surface area (Å²) < 4.78 is 0. The Kier molecular flexibility index (Phi) is 41.0. The first-order chi connectivity index (χ1) is 9.69. The number of hydrogen-bond donors (Lipinski definition) is 0. The minimum absolute atomic E-state index is 0. The van der Waals surface area contributed by atoms with Crippen LogP contribution in [0, 0.1) is 0 Å². The van der Waals surface area contributed by atoms with Crippen LogP contribution in [0.2, 0.25) is 0 Å².